The summed E-state index contributed by atoms with van der Waals surface area (Å²) in [5, 5.41) is 12.0. The van der Waals surface area contributed by atoms with Crippen molar-refractivity contribution < 1.29 is 13.7 Å². The molecule has 11 heteroatoms. The quantitative estimate of drug-likeness (QED) is 0.260. The third-order valence-electron chi connectivity index (χ3n) is 6.78. The molecule has 5 rings (SSSR count). The maximum Gasteiger partial charge on any atom is 0.240 e. The molecule has 8 nitrogen and oxygen atoms in total. The number of nitrogens with one attached hydrogen (secondary N) is 3. The van der Waals surface area contributed by atoms with Crippen LogP contribution in [0.5, 0.6) is 5.75 Å². The first-order valence-electron chi connectivity index (χ1n) is 12.4. The summed E-state index contributed by atoms with van der Waals surface area (Å²) in [4.78, 5) is 12.8. The van der Waals surface area contributed by atoms with Gasteiger partial charge in [-0.1, -0.05) is 41.9 Å². The molecule has 1 aliphatic rings. The molecule has 0 radical (unpaired) electrons. The van der Waals surface area contributed by atoms with Crippen LogP contribution in [0.2, 0.25) is 4.34 Å². The summed E-state index contributed by atoms with van der Waals surface area (Å²) in [6.45, 7) is 3.78. The van der Waals surface area contributed by atoms with E-state index in [1.807, 2.05) is 48.0 Å². The molecule has 1 aliphatic heterocycles. The van der Waals surface area contributed by atoms with Crippen LogP contribution >= 0.6 is 22.9 Å². The third kappa shape index (κ3) is 5.73. The number of rotatable bonds is 9. The normalized spacial score (nSPS) is 18.3. The van der Waals surface area contributed by atoms with E-state index >= 15 is 0 Å². The molecule has 1 amide bonds. The number of carbonyl (C=O) groups excluding carboxylic acids is 1. The van der Waals surface area contributed by atoms with Crippen LogP contribution in [-0.2, 0) is 28.9 Å². The van der Waals surface area contributed by atoms with Gasteiger partial charge in [-0.2, -0.15) is 5.10 Å². The Morgan fingerprint density at radius 3 is 2.76 bits per heavy atom. The van der Waals surface area contributed by atoms with Crippen molar-refractivity contribution in [2.24, 2.45) is 0 Å². The van der Waals surface area contributed by atoms with Crippen molar-refractivity contribution in [3.05, 3.63) is 70.1 Å². The summed E-state index contributed by atoms with van der Waals surface area (Å²) in [5.74, 6) is 1.14. The summed E-state index contributed by atoms with van der Waals surface area (Å²) in [6.07, 6.45) is 3.00. The first-order chi connectivity index (χ1) is 18.4. The molecular weight excluding hydrogens is 542 g/mol. The molecular formula is C27H30ClN5O3S2. The van der Waals surface area contributed by atoms with E-state index in [2.05, 4.69) is 21.4 Å². The van der Waals surface area contributed by atoms with Gasteiger partial charge in [0.25, 0.3) is 0 Å². The van der Waals surface area contributed by atoms with Gasteiger partial charge in [0.05, 0.1) is 34.4 Å². The first kappa shape index (κ1) is 26.7. The molecule has 200 valence electrons. The number of anilines is 1. The fourth-order valence-electron chi connectivity index (χ4n) is 4.73. The highest BCUT2D eigenvalue weighted by Crippen LogP contribution is 2.34. The molecule has 4 aromatic rings. The van der Waals surface area contributed by atoms with Gasteiger partial charge in [0.2, 0.25) is 5.91 Å². The fourth-order valence-corrected chi connectivity index (χ4v) is 6.95. The van der Waals surface area contributed by atoms with E-state index < -0.39 is 16.5 Å². The second-order valence-electron chi connectivity index (χ2n) is 9.51. The Morgan fingerprint density at radius 1 is 1.21 bits per heavy atom. The Hall–Kier alpha value is -2.92. The molecule has 0 bridgehead atoms. The van der Waals surface area contributed by atoms with Gasteiger partial charge in [0.15, 0.2) is 16.8 Å². The number of hydrogen-bond acceptors (Lipinski definition) is 6. The standard InChI is InChI=1S/C27H30ClN5O3S2/c1-27(13-3-4-14-30-27)26(34)29-16-18-7-5-8-19(15-18)17-33-20-9-6-10-21(36-2)24(20)25(31-33)32-38(35)23-12-11-22(28)37-23/h5-12,15,30H,3-4,13-14,16-17H2,1-2H3,(H,29,34)(H,31,32). The lowest BCUT2D eigenvalue weighted by Gasteiger charge is -2.33. The maximum absolute atomic E-state index is 13.0. The van der Waals surface area contributed by atoms with E-state index in [0.29, 0.717) is 33.2 Å². The van der Waals surface area contributed by atoms with Crippen molar-refractivity contribution in [3.63, 3.8) is 0 Å². The summed E-state index contributed by atoms with van der Waals surface area (Å²) in [7, 11) is 0.0817. The number of amides is 1. The van der Waals surface area contributed by atoms with Gasteiger partial charge in [-0.25, -0.2) is 4.21 Å². The van der Waals surface area contributed by atoms with Crippen LogP contribution in [0.1, 0.15) is 37.3 Å². The number of fused-ring (bicyclic) bond motifs is 1. The molecule has 3 heterocycles. The number of hydrogen-bond donors (Lipinski definition) is 3. The molecule has 38 heavy (non-hydrogen) atoms. The molecule has 2 aromatic carbocycles. The molecule has 0 spiro atoms. The van der Waals surface area contributed by atoms with Crippen LogP contribution in [0, 0.1) is 0 Å². The minimum absolute atomic E-state index is 0.0310. The Labute approximate surface area is 233 Å². The zero-order valence-electron chi connectivity index (χ0n) is 21.3. The zero-order valence-corrected chi connectivity index (χ0v) is 23.6. The second kappa shape index (κ2) is 11.4. The van der Waals surface area contributed by atoms with Gasteiger partial charge in [0.1, 0.15) is 9.96 Å². The number of nitrogens with zero attached hydrogens (tertiary/aromatic N) is 2. The predicted molar refractivity (Wildman–Crippen MR) is 153 cm³/mol. The van der Waals surface area contributed by atoms with Crippen LogP contribution in [0.15, 0.2) is 58.8 Å². The van der Waals surface area contributed by atoms with Crippen molar-refractivity contribution in [2.45, 2.75) is 49.0 Å². The number of thiophene rings is 1. The lowest BCUT2D eigenvalue weighted by Crippen LogP contribution is -2.56. The van der Waals surface area contributed by atoms with Gasteiger partial charge in [-0.15, -0.1) is 11.3 Å². The minimum Gasteiger partial charge on any atom is -0.496 e. The van der Waals surface area contributed by atoms with Gasteiger partial charge in [0, 0.05) is 6.54 Å². The minimum atomic E-state index is -1.52. The van der Waals surface area contributed by atoms with Crippen LogP contribution in [0.4, 0.5) is 5.82 Å². The van der Waals surface area contributed by atoms with Crippen molar-refractivity contribution in [1.82, 2.24) is 20.4 Å². The highest BCUT2D eigenvalue weighted by molar-refractivity contribution is 7.88. The maximum atomic E-state index is 13.0. The highest BCUT2D eigenvalue weighted by Gasteiger charge is 2.33. The molecule has 1 fully saturated rings. The third-order valence-corrected chi connectivity index (χ3v) is 9.39. The van der Waals surface area contributed by atoms with Crippen LogP contribution in [0.3, 0.4) is 0 Å². The van der Waals surface area contributed by atoms with Crippen LogP contribution < -0.4 is 20.1 Å². The summed E-state index contributed by atoms with van der Waals surface area (Å²) >= 11 is 7.29. The SMILES string of the molecule is COc1cccc2c1c(NS(=O)c1ccc(Cl)s1)nn2Cc1cccc(CNC(=O)C2(C)CCCCN2)c1. The fraction of sp³-hybridized carbons (Fsp3) is 0.333. The monoisotopic (exact) mass is 571 g/mol. The van der Waals surface area contributed by atoms with Gasteiger partial charge in [-0.3, -0.25) is 14.2 Å². The van der Waals surface area contributed by atoms with E-state index in [9.17, 15) is 9.00 Å². The molecule has 2 aromatic heterocycles. The van der Waals surface area contributed by atoms with Gasteiger partial charge >= 0.3 is 0 Å². The Morgan fingerprint density at radius 2 is 2.03 bits per heavy atom. The molecule has 2 unspecified atom stereocenters. The topological polar surface area (TPSA) is 97.3 Å². The number of piperidine rings is 1. The van der Waals surface area contributed by atoms with Gasteiger partial charge in [-0.05, 0) is 68.1 Å². The lowest BCUT2D eigenvalue weighted by atomic mass is 9.90. The second-order valence-corrected chi connectivity index (χ2v) is 12.7. The number of methoxy groups -OCH3 is 1. The van der Waals surface area contributed by atoms with Crippen molar-refractivity contribution in [1.29, 1.82) is 0 Å². The highest BCUT2D eigenvalue weighted by atomic mass is 35.5. The number of benzene rings is 2. The number of aromatic nitrogens is 2. The van der Waals surface area contributed by atoms with Crippen molar-refractivity contribution in [2.75, 3.05) is 18.4 Å². The molecule has 1 saturated heterocycles. The smallest absolute Gasteiger partial charge is 0.240 e. The first-order valence-corrected chi connectivity index (χ1v) is 14.8. The Bertz CT molecular complexity index is 1480. The molecule has 0 saturated carbocycles. The van der Waals surface area contributed by atoms with E-state index in [1.165, 1.54) is 11.3 Å². The van der Waals surface area contributed by atoms with Crippen molar-refractivity contribution in [3.8, 4) is 5.75 Å². The number of carbonyl (C=O) groups is 1. The largest absolute Gasteiger partial charge is 0.496 e. The van der Waals surface area contributed by atoms with E-state index in [1.54, 1.807) is 19.2 Å². The molecule has 3 N–H and O–H groups in total. The number of halogens is 1. The lowest BCUT2D eigenvalue weighted by molar-refractivity contribution is -0.128. The van der Waals surface area contributed by atoms with Crippen LogP contribution in [-0.4, -0.2) is 39.1 Å². The summed E-state index contributed by atoms with van der Waals surface area (Å²) < 4.78 is 24.6. The Kier molecular flexibility index (Phi) is 8.04. The van der Waals surface area contributed by atoms with Crippen molar-refractivity contribution >= 4 is 56.6 Å². The average molecular weight is 572 g/mol. The predicted octanol–water partition coefficient (Wildman–Crippen LogP) is 5.09. The van der Waals surface area contributed by atoms with Crippen LogP contribution in [0.25, 0.3) is 10.9 Å². The number of ether oxygens (including phenoxy) is 1. The van der Waals surface area contributed by atoms with E-state index in [4.69, 9.17) is 21.4 Å². The summed E-state index contributed by atoms with van der Waals surface area (Å²) in [5.41, 5.74) is 2.38. The van der Waals surface area contributed by atoms with E-state index in [0.717, 1.165) is 47.8 Å². The Balaban J connectivity index is 1.36. The van der Waals surface area contributed by atoms with E-state index in [-0.39, 0.29) is 5.91 Å². The molecule has 0 aliphatic carbocycles. The zero-order chi connectivity index (χ0) is 26.7. The average Bonchev–Trinajstić information content (AvgIpc) is 3.51. The summed E-state index contributed by atoms with van der Waals surface area (Å²) in [6, 6.07) is 17.3. The molecule has 2 atom stereocenters. The van der Waals surface area contributed by atoms with Gasteiger partial charge < -0.3 is 15.4 Å².